The fourth-order valence-electron chi connectivity index (χ4n) is 2.48. The number of amides is 1. The molecule has 1 aromatic carbocycles. The van der Waals surface area contributed by atoms with Gasteiger partial charge in [0.2, 0.25) is 5.91 Å². The van der Waals surface area contributed by atoms with Crippen molar-refractivity contribution in [2.75, 3.05) is 11.4 Å². The van der Waals surface area contributed by atoms with Crippen LogP contribution in [0.3, 0.4) is 0 Å². The summed E-state index contributed by atoms with van der Waals surface area (Å²) in [5.74, 6) is -0.876. The van der Waals surface area contributed by atoms with Crippen LogP contribution in [0.15, 0.2) is 18.2 Å². The number of hydrogen-bond donors (Lipinski definition) is 2. The Bertz CT molecular complexity index is 513. The average molecular weight is 262 g/mol. The van der Waals surface area contributed by atoms with Crippen LogP contribution < -0.4 is 10.6 Å². The molecule has 1 heterocycles. The predicted octanol–water partition coefficient (Wildman–Crippen LogP) is 1.46. The molecule has 102 valence electrons. The highest BCUT2D eigenvalue weighted by molar-refractivity contribution is 5.92. The summed E-state index contributed by atoms with van der Waals surface area (Å²) in [4.78, 5) is 24.0. The largest absolute Gasteiger partial charge is 0.481 e. The summed E-state index contributed by atoms with van der Waals surface area (Å²) in [7, 11) is 0. The normalized spacial score (nSPS) is 15.8. The Morgan fingerprint density at radius 2 is 2.21 bits per heavy atom. The first kappa shape index (κ1) is 13.5. The number of anilines is 1. The first-order chi connectivity index (χ1) is 8.99. The van der Waals surface area contributed by atoms with E-state index in [1.165, 1.54) is 0 Å². The molecule has 19 heavy (non-hydrogen) atoms. The lowest BCUT2D eigenvalue weighted by Gasteiger charge is -2.29. The Kier molecular flexibility index (Phi) is 3.85. The molecule has 1 unspecified atom stereocenters. The third-order valence-corrected chi connectivity index (χ3v) is 3.42. The Balaban J connectivity index is 2.28. The van der Waals surface area contributed by atoms with Crippen molar-refractivity contribution in [1.82, 2.24) is 0 Å². The SMILES string of the molecule is CC(=O)N1CCCc2cc(C(N)CC(=O)O)ccc21. The number of aryl methyl sites for hydroxylation is 1. The van der Waals surface area contributed by atoms with Crippen LogP contribution in [0.5, 0.6) is 0 Å². The summed E-state index contributed by atoms with van der Waals surface area (Å²) in [5, 5.41) is 8.77. The van der Waals surface area contributed by atoms with Crippen LogP contribution in [0, 0.1) is 0 Å². The number of fused-ring (bicyclic) bond motifs is 1. The average Bonchev–Trinajstić information content (AvgIpc) is 2.36. The molecule has 0 fully saturated rings. The lowest BCUT2D eigenvalue weighted by atomic mass is 9.95. The fraction of sp³-hybridized carbons (Fsp3) is 0.429. The first-order valence-electron chi connectivity index (χ1n) is 6.37. The van der Waals surface area contributed by atoms with Crippen molar-refractivity contribution in [3.05, 3.63) is 29.3 Å². The van der Waals surface area contributed by atoms with E-state index in [1.807, 2.05) is 18.2 Å². The second-order valence-electron chi connectivity index (χ2n) is 4.87. The van der Waals surface area contributed by atoms with E-state index in [0.29, 0.717) is 0 Å². The summed E-state index contributed by atoms with van der Waals surface area (Å²) in [5.41, 5.74) is 8.66. The van der Waals surface area contributed by atoms with Crippen LogP contribution in [-0.4, -0.2) is 23.5 Å². The van der Waals surface area contributed by atoms with Gasteiger partial charge in [-0.05, 0) is 30.0 Å². The molecule has 5 heteroatoms. The van der Waals surface area contributed by atoms with Gasteiger partial charge in [0, 0.05) is 25.2 Å². The van der Waals surface area contributed by atoms with E-state index < -0.39 is 12.0 Å². The minimum Gasteiger partial charge on any atom is -0.481 e. The molecule has 3 N–H and O–H groups in total. The molecule has 0 saturated heterocycles. The number of carbonyl (C=O) groups is 2. The molecule has 1 aliphatic rings. The molecular formula is C14H18N2O3. The molecule has 0 aromatic heterocycles. The maximum Gasteiger partial charge on any atom is 0.305 e. The van der Waals surface area contributed by atoms with Crippen molar-refractivity contribution in [2.24, 2.45) is 5.73 Å². The Morgan fingerprint density at radius 3 is 2.84 bits per heavy atom. The third kappa shape index (κ3) is 2.93. The third-order valence-electron chi connectivity index (χ3n) is 3.42. The Morgan fingerprint density at radius 1 is 1.47 bits per heavy atom. The first-order valence-corrected chi connectivity index (χ1v) is 6.37. The number of rotatable bonds is 3. The van der Waals surface area contributed by atoms with E-state index in [-0.39, 0.29) is 12.3 Å². The predicted molar refractivity (Wildman–Crippen MR) is 72.0 cm³/mol. The highest BCUT2D eigenvalue weighted by Gasteiger charge is 2.21. The van der Waals surface area contributed by atoms with Gasteiger partial charge in [-0.25, -0.2) is 0 Å². The summed E-state index contributed by atoms with van der Waals surface area (Å²) >= 11 is 0. The molecule has 0 bridgehead atoms. The summed E-state index contributed by atoms with van der Waals surface area (Å²) in [6.07, 6.45) is 1.73. The second-order valence-corrected chi connectivity index (χ2v) is 4.87. The molecule has 2 rings (SSSR count). The van der Waals surface area contributed by atoms with Crippen molar-refractivity contribution in [1.29, 1.82) is 0 Å². The van der Waals surface area contributed by atoms with Gasteiger partial charge >= 0.3 is 5.97 Å². The van der Waals surface area contributed by atoms with Gasteiger partial charge in [0.25, 0.3) is 0 Å². The summed E-state index contributed by atoms with van der Waals surface area (Å²) in [6, 6.07) is 5.11. The number of nitrogens with two attached hydrogens (primary N) is 1. The van der Waals surface area contributed by atoms with Crippen LogP contribution >= 0.6 is 0 Å². The topological polar surface area (TPSA) is 83.6 Å². The van der Waals surface area contributed by atoms with Gasteiger partial charge in [-0.15, -0.1) is 0 Å². The Hall–Kier alpha value is -1.88. The van der Waals surface area contributed by atoms with Gasteiger partial charge in [0.15, 0.2) is 0 Å². The molecular weight excluding hydrogens is 244 g/mol. The lowest BCUT2D eigenvalue weighted by molar-refractivity contribution is -0.137. The second kappa shape index (κ2) is 5.40. The maximum atomic E-state index is 11.5. The number of carboxylic acid groups (broad SMARTS) is 1. The quantitative estimate of drug-likeness (QED) is 0.863. The molecule has 0 spiro atoms. The van der Waals surface area contributed by atoms with Crippen LogP contribution in [-0.2, 0) is 16.0 Å². The molecule has 1 atom stereocenters. The minimum atomic E-state index is -0.907. The van der Waals surface area contributed by atoms with Crippen LogP contribution in [0.25, 0.3) is 0 Å². The van der Waals surface area contributed by atoms with Gasteiger partial charge in [-0.1, -0.05) is 12.1 Å². The minimum absolute atomic E-state index is 0.0311. The number of carboxylic acids is 1. The molecule has 0 saturated carbocycles. The molecule has 0 aliphatic carbocycles. The molecule has 1 amide bonds. The Labute approximate surface area is 112 Å². The zero-order valence-electron chi connectivity index (χ0n) is 10.9. The maximum absolute atomic E-state index is 11.5. The van der Waals surface area contributed by atoms with Crippen molar-refractivity contribution in [2.45, 2.75) is 32.2 Å². The monoisotopic (exact) mass is 262 g/mol. The van der Waals surface area contributed by atoms with Gasteiger partial charge in [-0.2, -0.15) is 0 Å². The zero-order chi connectivity index (χ0) is 14.0. The number of benzene rings is 1. The molecule has 5 nitrogen and oxygen atoms in total. The lowest BCUT2D eigenvalue weighted by Crippen LogP contribution is -2.33. The standard InChI is InChI=1S/C14H18N2O3/c1-9(17)16-6-2-3-11-7-10(4-5-13(11)16)12(15)8-14(18)19/h4-5,7,12H,2-3,6,8,15H2,1H3,(H,18,19). The molecule has 1 aromatic rings. The van der Waals surface area contributed by atoms with E-state index in [2.05, 4.69) is 0 Å². The number of aliphatic carboxylic acids is 1. The highest BCUT2D eigenvalue weighted by atomic mass is 16.4. The number of carbonyl (C=O) groups excluding carboxylic acids is 1. The highest BCUT2D eigenvalue weighted by Crippen LogP contribution is 2.30. The van der Waals surface area contributed by atoms with Gasteiger partial charge in [0.05, 0.1) is 6.42 Å². The van der Waals surface area contributed by atoms with E-state index in [0.717, 1.165) is 36.2 Å². The summed E-state index contributed by atoms with van der Waals surface area (Å²) < 4.78 is 0. The van der Waals surface area contributed by atoms with Gasteiger partial charge < -0.3 is 15.7 Å². The van der Waals surface area contributed by atoms with Crippen LogP contribution in [0.2, 0.25) is 0 Å². The van der Waals surface area contributed by atoms with Gasteiger partial charge in [0.1, 0.15) is 0 Å². The van der Waals surface area contributed by atoms with E-state index in [9.17, 15) is 9.59 Å². The fourth-order valence-corrected chi connectivity index (χ4v) is 2.48. The van der Waals surface area contributed by atoms with Crippen LogP contribution in [0.1, 0.15) is 36.9 Å². The van der Waals surface area contributed by atoms with Gasteiger partial charge in [-0.3, -0.25) is 9.59 Å². The van der Waals surface area contributed by atoms with Crippen molar-refractivity contribution in [3.63, 3.8) is 0 Å². The molecule has 1 aliphatic heterocycles. The van der Waals surface area contributed by atoms with Crippen LogP contribution in [0.4, 0.5) is 5.69 Å². The van der Waals surface area contributed by atoms with Crippen molar-refractivity contribution < 1.29 is 14.7 Å². The smallest absolute Gasteiger partial charge is 0.305 e. The van der Waals surface area contributed by atoms with E-state index in [1.54, 1.807) is 11.8 Å². The zero-order valence-corrected chi connectivity index (χ0v) is 10.9. The van der Waals surface area contributed by atoms with Crippen molar-refractivity contribution >= 4 is 17.6 Å². The summed E-state index contributed by atoms with van der Waals surface area (Å²) in [6.45, 7) is 2.29. The van der Waals surface area contributed by atoms with Crippen molar-refractivity contribution in [3.8, 4) is 0 Å². The van der Waals surface area contributed by atoms with E-state index in [4.69, 9.17) is 10.8 Å². The number of nitrogens with zero attached hydrogens (tertiary/aromatic N) is 1. The number of hydrogen-bond acceptors (Lipinski definition) is 3. The molecule has 0 radical (unpaired) electrons. The van der Waals surface area contributed by atoms with E-state index >= 15 is 0 Å².